The van der Waals surface area contributed by atoms with Crippen molar-refractivity contribution in [1.82, 2.24) is 10.2 Å². The van der Waals surface area contributed by atoms with Crippen molar-refractivity contribution in [2.75, 3.05) is 38.7 Å². The summed E-state index contributed by atoms with van der Waals surface area (Å²) in [6.45, 7) is 6.94. The van der Waals surface area contributed by atoms with Crippen LogP contribution in [-0.2, 0) is 22.6 Å². The molecule has 0 radical (unpaired) electrons. The normalized spacial score (nSPS) is 15.8. The van der Waals surface area contributed by atoms with Crippen LogP contribution in [0.15, 0.2) is 48.5 Å². The molecule has 2 aromatic carbocycles. The van der Waals surface area contributed by atoms with E-state index in [2.05, 4.69) is 33.7 Å². The van der Waals surface area contributed by atoms with E-state index in [-0.39, 0.29) is 11.9 Å². The first-order valence-corrected chi connectivity index (χ1v) is 9.71. The summed E-state index contributed by atoms with van der Waals surface area (Å²) in [6.07, 6.45) is 0. The molecule has 6 nitrogen and oxygen atoms in total. The van der Waals surface area contributed by atoms with E-state index >= 15 is 0 Å². The van der Waals surface area contributed by atoms with Crippen LogP contribution in [0.4, 0.5) is 5.69 Å². The number of nitrogens with one attached hydrogen (secondary N) is 2. The molecule has 2 N–H and O–H groups in total. The van der Waals surface area contributed by atoms with Gasteiger partial charge in [0.05, 0.1) is 26.4 Å². The van der Waals surface area contributed by atoms with Crippen molar-refractivity contribution in [1.29, 1.82) is 0 Å². The summed E-state index contributed by atoms with van der Waals surface area (Å²) in [6, 6.07) is 15.4. The van der Waals surface area contributed by atoms with Gasteiger partial charge in [0.15, 0.2) is 0 Å². The number of benzene rings is 2. The Morgan fingerprint density at radius 3 is 2.64 bits per heavy atom. The van der Waals surface area contributed by atoms with Crippen molar-refractivity contribution in [3.05, 3.63) is 59.7 Å². The summed E-state index contributed by atoms with van der Waals surface area (Å²) in [4.78, 5) is 14.9. The highest BCUT2D eigenvalue weighted by Gasteiger charge is 2.15. The van der Waals surface area contributed by atoms with Gasteiger partial charge in [-0.1, -0.05) is 30.3 Å². The number of morpholine rings is 1. The topological polar surface area (TPSA) is 62.8 Å². The zero-order valence-corrected chi connectivity index (χ0v) is 16.6. The number of amides is 1. The number of methoxy groups -OCH3 is 1. The lowest BCUT2D eigenvalue weighted by Gasteiger charge is -2.27. The van der Waals surface area contributed by atoms with Crippen molar-refractivity contribution < 1.29 is 14.3 Å². The molecule has 1 saturated heterocycles. The minimum atomic E-state index is -0.317. The van der Waals surface area contributed by atoms with Crippen LogP contribution in [0.2, 0.25) is 0 Å². The first-order chi connectivity index (χ1) is 13.7. The lowest BCUT2D eigenvalue weighted by Crippen LogP contribution is -2.38. The van der Waals surface area contributed by atoms with E-state index in [4.69, 9.17) is 9.47 Å². The fourth-order valence-electron chi connectivity index (χ4n) is 3.19. The van der Waals surface area contributed by atoms with Gasteiger partial charge in [0.2, 0.25) is 5.91 Å². The zero-order chi connectivity index (χ0) is 19.8. The molecule has 1 fully saturated rings. The second kappa shape index (κ2) is 10.2. The van der Waals surface area contributed by atoms with Crippen molar-refractivity contribution in [2.45, 2.75) is 26.1 Å². The molecular weight excluding hydrogens is 354 g/mol. The van der Waals surface area contributed by atoms with E-state index in [9.17, 15) is 4.79 Å². The van der Waals surface area contributed by atoms with Crippen LogP contribution in [0, 0.1) is 0 Å². The third kappa shape index (κ3) is 5.79. The number of ether oxygens (including phenoxy) is 2. The number of carbonyl (C=O) groups excluding carboxylic acids is 1. The first-order valence-electron chi connectivity index (χ1n) is 9.71. The molecule has 3 rings (SSSR count). The number of hydrogen-bond acceptors (Lipinski definition) is 5. The van der Waals surface area contributed by atoms with Crippen molar-refractivity contribution >= 4 is 11.6 Å². The number of carbonyl (C=O) groups is 1. The van der Waals surface area contributed by atoms with E-state index in [1.165, 1.54) is 11.1 Å². The number of anilines is 1. The second-order valence-electron chi connectivity index (χ2n) is 6.98. The summed E-state index contributed by atoms with van der Waals surface area (Å²) in [5.41, 5.74) is 3.23. The van der Waals surface area contributed by atoms with Gasteiger partial charge in [-0.3, -0.25) is 9.69 Å². The molecule has 0 aromatic heterocycles. The molecule has 1 heterocycles. The molecule has 0 bridgehead atoms. The van der Waals surface area contributed by atoms with Crippen molar-refractivity contribution in [2.24, 2.45) is 0 Å². The summed E-state index contributed by atoms with van der Waals surface area (Å²) in [5, 5.41) is 6.27. The Balaban J connectivity index is 1.54. The van der Waals surface area contributed by atoms with Crippen LogP contribution < -0.4 is 15.4 Å². The fraction of sp³-hybridized carbons (Fsp3) is 0.409. The second-order valence-corrected chi connectivity index (χ2v) is 6.98. The number of hydrogen-bond donors (Lipinski definition) is 2. The first kappa shape index (κ1) is 20.3. The predicted molar refractivity (Wildman–Crippen MR) is 110 cm³/mol. The maximum Gasteiger partial charge on any atom is 0.241 e. The molecule has 0 aliphatic carbocycles. The molecule has 1 aliphatic heterocycles. The Labute approximate surface area is 166 Å². The van der Waals surface area contributed by atoms with Gasteiger partial charge in [-0.25, -0.2) is 0 Å². The van der Waals surface area contributed by atoms with E-state index < -0.39 is 0 Å². The molecule has 1 atom stereocenters. The van der Waals surface area contributed by atoms with E-state index in [0.717, 1.165) is 44.3 Å². The molecule has 150 valence electrons. The van der Waals surface area contributed by atoms with Gasteiger partial charge in [-0.05, 0) is 30.2 Å². The molecule has 0 spiro atoms. The Morgan fingerprint density at radius 2 is 1.89 bits per heavy atom. The molecule has 28 heavy (non-hydrogen) atoms. The maximum atomic E-state index is 12.5. The van der Waals surface area contributed by atoms with Crippen LogP contribution in [0.25, 0.3) is 0 Å². The van der Waals surface area contributed by atoms with Crippen molar-refractivity contribution in [3.8, 4) is 5.75 Å². The van der Waals surface area contributed by atoms with E-state index in [1.807, 2.05) is 37.3 Å². The van der Waals surface area contributed by atoms with E-state index in [0.29, 0.717) is 6.54 Å². The Kier molecular flexibility index (Phi) is 7.42. The van der Waals surface area contributed by atoms with Gasteiger partial charge in [0, 0.05) is 37.9 Å². The van der Waals surface area contributed by atoms with Gasteiger partial charge in [-0.2, -0.15) is 0 Å². The van der Waals surface area contributed by atoms with Gasteiger partial charge < -0.3 is 20.1 Å². The Bertz CT molecular complexity index is 775. The molecule has 1 unspecified atom stereocenters. The highest BCUT2D eigenvalue weighted by Crippen LogP contribution is 2.17. The maximum absolute atomic E-state index is 12.5. The molecule has 0 saturated carbocycles. The highest BCUT2D eigenvalue weighted by molar-refractivity contribution is 5.94. The minimum Gasteiger partial charge on any atom is -0.497 e. The monoisotopic (exact) mass is 383 g/mol. The fourth-order valence-corrected chi connectivity index (χ4v) is 3.19. The van der Waals surface area contributed by atoms with Crippen molar-refractivity contribution in [3.63, 3.8) is 0 Å². The van der Waals surface area contributed by atoms with E-state index in [1.54, 1.807) is 7.11 Å². The molecule has 2 aromatic rings. The van der Waals surface area contributed by atoms with Crippen LogP contribution in [0.3, 0.4) is 0 Å². The smallest absolute Gasteiger partial charge is 0.241 e. The Hall–Kier alpha value is -2.41. The third-order valence-corrected chi connectivity index (χ3v) is 4.95. The van der Waals surface area contributed by atoms with Crippen LogP contribution in [-0.4, -0.2) is 50.3 Å². The molecule has 1 amide bonds. The molecular formula is C22H29N3O3. The quantitative estimate of drug-likeness (QED) is 0.734. The average Bonchev–Trinajstić information content (AvgIpc) is 2.73. The van der Waals surface area contributed by atoms with Gasteiger partial charge in [-0.15, -0.1) is 0 Å². The lowest BCUT2D eigenvalue weighted by molar-refractivity contribution is -0.117. The SMILES string of the molecule is COc1cccc(NC(=O)C(C)NCc2ccccc2CN2CCOCC2)c1. The standard InChI is InChI=1S/C22H29N3O3/c1-17(22(26)24-20-8-5-9-21(14-20)27-2)23-15-18-6-3-4-7-19(18)16-25-10-12-28-13-11-25/h3-9,14,17,23H,10-13,15-16H2,1-2H3,(H,24,26). The average molecular weight is 383 g/mol. The largest absolute Gasteiger partial charge is 0.497 e. The summed E-state index contributed by atoms with van der Waals surface area (Å²) in [7, 11) is 1.61. The van der Waals surface area contributed by atoms with Gasteiger partial charge >= 0.3 is 0 Å². The van der Waals surface area contributed by atoms with Gasteiger partial charge in [0.1, 0.15) is 5.75 Å². The number of rotatable bonds is 8. The molecule has 6 heteroatoms. The predicted octanol–water partition coefficient (Wildman–Crippen LogP) is 2.64. The lowest BCUT2D eigenvalue weighted by atomic mass is 10.1. The van der Waals surface area contributed by atoms with Gasteiger partial charge in [0.25, 0.3) is 0 Å². The zero-order valence-electron chi connectivity index (χ0n) is 16.6. The summed E-state index contributed by atoms with van der Waals surface area (Å²) >= 11 is 0. The third-order valence-electron chi connectivity index (χ3n) is 4.95. The molecule has 1 aliphatic rings. The minimum absolute atomic E-state index is 0.0705. The highest BCUT2D eigenvalue weighted by atomic mass is 16.5. The Morgan fingerprint density at radius 1 is 1.14 bits per heavy atom. The summed E-state index contributed by atoms with van der Waals surface area (Å²) in [5.74, 6) is 0.648. The van der Waals surface area contributed by atoms with Crippen LogP contribution >= 0.6 is 0 Å². The number of nitrogens with zero attached hydrogens (tertiary/aromatic N) is 1. The summed E-state index contributed by atoms with van der Waals surface area (Å²) < 4.78 is 10.6. The van der Waals surface area contributed by atoms with Crippen LogP contribution in [0.5, 0.6) is 5.75 Å². The van der Waals surface area contributed by atoms with Crippen LogP contribution in [0.1, 0.15) is 18.1 Å².